The molecule has 0 atom stereocenters. The third-order valence-corrected chi connectivity index (χ3v) is 3.69. The standard InChI is InChI=1S/C18H21NO3/c1-20-16-5-2-15(3-6-16)13-19-9-8-14-4-7-17-18(12-14)22-11-10-21-17/h2-7,12,19H,8-11,13H2,1H3. The molecule has 22 heavy (non-hydrogen) atoms. The summed E-state index contributed by atoms with van der Waals surface area (Å²) >= 11 is 0. The van der Waals surface area contributed by atoms with Crippen LogP contribution >= 0.6 is 0 Å². The highest BCUT2D eigenvalue weighted by Gasteiger charge is 2.11. The second-order valence-corrected chi connectivity index (χ2v) is 5.25. The van der Waals surface area contributed by atoms with E-state index in [1.165, 1.54) is 11.1 Å². The van der Waals surface area contributed by atoms with Gasteiger partial charge in [0.05, 0.1) is 7.11 Å². The van der Waals surface area contributed by atoms with E-state index in [2.05, 4.69) is 29.6 Å². The van der Waals surface area contributed by atoms with Gasteiger partial charge >= 0.3 is 0 Å². The smallest absolute Gasteiger partial charge is 0.161 e. The molecule has 1 aliphatic heterocycles. The number of rotatable bonds is 6. The fourth-order valence-corrected chi connectivity index (χ4v) is 2.45. The van der Waals surface area contributed by atoms with Gasteiger partial charge in [-0.25, -0.2) is 0 Å². The van der Waals surface area contributed by atoms with Gasteiger partial charge in [-0.2, -0.15) is 0 Å². The quantitative estimate of drug-likeness (QED) is 0.833. The Balaban J connectivity index is 1.46. The predicted octanol–water partition coefficient (Wildman–Crippen LogP) is 2.80. The minimum Gasteiger partial charge on any atom is -0.497 e. The van der Waals surface area contributed by atoms with Crippen molar-refractivity contribution in [1.29, 1.82) is 0 Å². The summed E-state index contributed by atoms with van der Waals surface area (Å²) in [6.45, 7) is 3.04. The van der Waals surface area contributed by atoms with E-state index in [-0.39, 0.29) is 0 Å². The van der Waals surface area contributed by atoms with Gasteiger partial charge < -0.3 is 19.5 Å². The van der Waals surface area contributed by atoms with E-state index in [9.17, 15) is 0 Å². The zero-order chi connectivity index (χ0) is 15.2. The number of nitrogens with one attached hydrogen (secondary N) is 1. The summed E-state index contributed by atoms with van der Waals surface area (Å²) < 4.78 is 16.3. The van der Waals surface area contributed by atoms with Crippen LogP contribution in [0.15, 0.2) is 42.5 Å². The Kier molecular flexibility index (Phi) is 4.81. The largest absolute Gasteiger partial charge is 0.497 e. The summed E-state index contributed by atoms with van der Waals surface area (Å²) in [5, 5.41) is 3.45. The van der Waals surface area contributed by atoms with Gasteiger partial charge in [-0.05, 0) is 48.4 Å². The van der Waals surface area contributed by atoms with Gasteiger partial charge in [-0.1, -0.05) is 18.2 Å². The molecule has 2 aromatic rings. The Hall–Kier alpha value is -2.20. The Labute approximate surface area is 131 Å². The van der Waals surface area contributed by atoms with Crippen molar-refractivity contribution in [1.82, 2.24) is 5.32 Å². The van der Waals surface area contributed by atoms with Crippen LogP contribution in [0.5, 0.6) is 17.2 Å². The highest BCUT2D eigenvalue weighted by Crippen LogP contribution is 2.30. The van der Waals surface area contributed by atoms with E-state index in [0.717, 1.165) is 36.8 Å². The second kappa shape index (κ2) is 7.18. The van der Waals surface area contributed by atoms with Gasteiger partial charge in [0, 0.05) is 6.54 Å². The zero-order valence-electron chi connectivity index (χ0n) is 12.8. The Bertz CT molecular complexity index is 610. The monoisotopic (exact) mass is 299 g/mol. The van der Waals surface area contributed by atoms with E-state index in [1.54, 1.807) is 7.11 Å². The number of hydrogen-bond donors (Lipinski definition) is 1. The lowest BCUT2D eigenvalue weighted by molar-refractivity contribution is 0.171. The van der Waals surface area contributed by atoms with E-state index in [0.29, 0.717) is 13.2 Å². The van der Waals surface area contributed by atoms with Crippen LogP contribution in [0.1, 0.15) is 11.1 Å². The maximum atomic E-state index is 5.60. The number of fused-ring (bicyclic) bond motifs is 1. The second-order valence-electron chi connectivity index (χ2n) is 5.25. The molecule has 0 unspecified atom stereocenters. The lowest BCUT2D eigenvalue weighted by Gasteiger charge is -2.18. The van der Waals surface area contributed by atoms with E-state index >= 15 is 0 Å². The molecule has 4 nitrogen and oxygen atoms in total. The molecule has 0 spiro atoms. The molecule has 116 valence electrons. The first kappa shape index (κ1) is 14.7. The molecule has 0 saturated carbocycles. The molecule has 1 N–H and O–H groups in total. The van der Waals surface area contributed by atoms with Crippen LogP contribution in [-0.2, 0) is 13.0 Å². The molecule has 0 aromatic heterocycles. The van der Waals surface area contributed by atoms with Gasteiger partial charge in [0.25, 0.3) is 0 Å². The number of methoxy groups -OCH3 is 1. The average molecular weight is 299 g/mol. The maximum absolute atomic E-state index is 5.60. The predicted molar refractivity (Wildman–Crippen MR) is 85.8 cm³/mol. The van der Waals surface area contributed by atoms with Crippen molar-refractivity contribution in [3.05, 3.63) is 53.6 Å². The molecule has 0 radical (unpaired) electrons. The fraction of sp³-hybridized carbons (Fsp3) is 0.333. The third-order valence-electron chi connectivity index (χ3n) is 3.69. The number of benzene rings is 2. The maximum Gasteiger partial charge on any atom is 0.161 e. The van der Waals surface area contributed by atoms with Crippen LogP contribution in [0, 0.1) is 0 Å². The molecular formula is C18H21NO3. The molecule has 1 aliphatic rings. The molecular weight excluding hydrogens is 278 g/mol. The lowest BCUT2D eigenvalue weighted by Crippen LogP contribution is -2.17. The minimum atomic E-state index is 0.631. The summed E-state index contributed by atoms with van der Waals surface area (Å²) in [6.07, 6.45) is 0.965. The van der Waals surface area contributed by atoms with Crippen molar-refractivity contribution in [2.75, 3.05) is 26.9 Å². The first-order valence-electron chi connectivity index (χ1n) is 7.57. The van der Waals surface area contributed by atoms with Gasteiger partial charge in [0.15, 0.2) is 11.5 Å². The number of ether oxygens (including phenoxy) is 3. The van der Waals surface area contributed by atoms with Gasteiger partial charge in [-0.3, -0.25) is 0 Å². The number of hydrogen-bond acceptors (Lipinski definition) is 4. The van der Waals surface area contributed by atoms with Crippen LogP contribution in [0.25, 0.3) is 0 Å². The van der Waals surface area contributed by atoms with Gasteiger partial charge in [0.1, 0.15) is 19.0 Å². The molecule has 0 bridgehead atoms. The van der Waals surface area contributed by atoms with Crippen molar-refractivity contribution >= 4 is 0 Å². The highest BCUT2D eigenvalue weighted by molar-refractivity contribution is 5.43. The van der Waals surface area contributed by atoms with Crippen molar-refractivity contribution in [2.45, 2.75) is 13.0 Å². The van der Waals surface area contributed by atoms with Crippen LogP contribution in [0.4, 0.5) is 0 Å². The third kappa shape index (κ3) is 3.71. The van der Waals surface area contributed by atoms with Crippen molar-refractivity contribution < 1.29 is 14.2 Å². The molecule has 0 amide bonds. The minimum absolute atomic E-state index is 0.631. The van der Waals surface area contributed by atoms with Gasteiger partial charge in [0.2, 0.25) is 0 Å². The molecule has 3 rings (SSSR count). The first-order valence-corrected chi connectivity index (χ1v) is 7.57. The molecule has 2 aromatic carbocycles. The zero-order valence-corrected chi connectivity index (χ0v) is 12.8. The summed E-state index contributed by atoms with van der Waals surface area (Å²) in [5.41, 5.74) is 2.51. The SMILES string of the molecule is COc1ccc(CNCCc2ccc3c(c2)OCCO3)cc1. The summed E-state index contributed by atoms with van der Waals surface area (Å²) in [4.78, 5) is 0. The van der Waals surface area contributed by atoms with Crippen LogP contribution in [0.2, 0.25) is 0 Å². The van der Waals surface area contributed by atoms with E-state index in [4.69, 9.17) is 14.2 Å². The lowest BCUT2D eigenvalue weighted by atomic mass is 10.1. The average Bonchev–Trinajstić information content (AvgIpc) is 2.59. The molecule has 1 heterocycles. The summed E-state index contributed by atoms with van der Waals surface area (Å²) in [7, 11) is 1.68. The molecule has 0 saturated heterocycles. The van der Waals surface area contributed by atoms with Crippen LogP contribution in [0.3, 0.4) is 0 Å². The Morgan fingerprint density at radius 2 is 1.68 bits per heavy atom. The van der Waals surface area contributed by atoms with Gasteiger partial charge in [-0.15, -0.1) is 0 Å². The van der Waals surface area contributed by atoms with Crippen LogP contribution < -0.4 is 19.5 Å². The van der Waals surface area contributed by atoms with Crippen molar-refractivity contribution in [3.63, 3.8) is 0 Å². The van der Waals surface area contributed by atoms with Crippen molar-refractivity contribution in [3.8, 4) is 17.2 Å². The van der Waals surface area contributed by atoms with E-state index in [1.807, 2.05) is 18.2 Å². The molecule has 4 heteroatoms. The summed E-state index contributed by atoms with van der Waals surface area (Å²) in [5.74, 6) is 2.60. The van der Waals surface area contributed by atoms with E-state index < -0.39 is 0 Å². The van der Waals surface area contributed by atoms with Crippen molar-refractivity contribution in [2.24, 2.45) is 0 Å². The Morgan fingerprint density at radius 1 is 0.955 bits per heavy atom. The van der Waals surface area contributed by atoms with Crippen LogP contribution in [-0.4, -0.2) is 26.9 Å². The first-order chi connectivity index (χ1) is 10.8. The highest BCUT2D eigenvalue weighted by atomic mass is 16.6. The summed E-state index contributed by atoms with van der Waals surface area (Å²) in [6, 6.07) is 14.3. The normalized spacial score (nSPS) is 13.0. The Morgan fingerprint density at radius 3 is 2.45 bits per heavy atom. The molecule has 0 fully saturated rings. The topological polar surface area (TPSA) is 39.7 Å². The fourth-order valence-electron chi connectivity index (χ4n) is 2.45. The molecule has 0 aliphatic carbocycles.